The molecule has 3 aromatic carbocycles. The van der Waals surface area contributed by atoms with Crippen LogP contribution in [0.25, 0.3) is 0 Å². The quantitative estimate of drug-likeness (QED) is 0.301. The summed E-state index contributed by atoms with van der Waals surface area (Å²) in [6.07, 6.45) is 7.72. The summed E-state index contributed by atoms with van der Waals surface area (Å²) in [5.41, 5.74) is 7.23. The maximum atomic E-state index is 5.73. The molecule has 3 aromatic rings. The van der Waals surface area contributed by atoms with Gasteiger partial charge in [-0.15, -0.1) is 0 Å². The van der Waals surface area contributed by atoms with Gasteiger partial charge in [0.1, 0.15) is 0 Å². The van der Waals surface area contributed by atoms with Gasteiger partial charge < -0.3 is 14.8 Å². The molecule has 174 valence electrons. The zero-order valence-corrected chi connectivity index (χ0v) is 20.1. The summed E-state index contributed by atoms with van der Waals surface area (Å²) in [6.45, 7) is 7.32. The fourth-order valence-electron chi connectivity index (χ4n) is 5.11. The number of allylic oxidation sites excluding steroid dienone is 2. The van der Waals surface area contributed by atoms with E-state index in [4.69, 9.17) is 14.5 Å². The minimum absolute atomic E-state index is 0.299. The lowest BCUT2D eigenvalue weighted by molar-refractivity contribution is 0.288. The third kappa shape index (κ3) is 4.45. The van der Waals surface area contributed by atoms with Crippen LogP contribution in [0.15, 0.2) is 77.8 Å². The summed E-state index contributed by atoms with van der Waals surface area (Å²) in [4.78, 5) is 4.70. The van der Waals surface area contributed by atoms with Crippen LogP contribution in [0, 0.1) is 12.8 Å². The number of aliphatic imine (C=N–C) groups is 1. The maximum absolute atomic E-state index is 5.73. The molecule has 0 spiro atoms. The van der Waals surface area contributed by atoms with Crippen LogP contribution < -0.4 is 14.8 Å². The average molecular weight is 453 g/mol. The van der Waals surface area contributed by atoms with Crippen molar-refractivity contribution in [2.75, 3.05) is 18.5 Å². The smallest absolute Gasteiger partial charge is 0.161 e. The Kier molecular flexibility index (Phi) is 6.39. The van der Waals surface area contributed by atoms with Crippen LogP contribution >= 0.6 is 0 Å². The average Bonchev–Trinajstić information content (AvgIpc) is 3.35. The molecule has 3 atom stereocenters. The van der Waals surface area contributed by atoms with E-state index < -0.39 is 0 Å². The van der Waals surface area contributed by atoms with Gasteiger partial charge in [0.2, 0.25) is 0 Å². The minimum atomic E-state index is 0.299. The van der Waals surface area contributed by atoms with Gasteiger partial charge in [-0.3, -0.25) is 4.99 Å². The summed E-state index contributed by atoms with van der Waals surface area (Å²) in [5, 5.41) is 3.82. The van der Waals surface area contributed by atoms with E-state index in [-0.39, 0.29) is 0 Å². The highest BCUT2D eigenvalue weighted by Crippen LogP contribution is 2.50. The topological polar surface area (TPSA) is 42.8 Å². The number of rotatable bonds is 7. The first-order chi connectivity index (χ1) is 16.7. The number of hydrogen-bond donors (Lipinski definition) is 1. The molecular weight excluding hydrogens is 420 g/mol. The Bertz CT molecular complexity index is 1210. The zero-order chi connectivity index (χ0) is 23.5. The van der Waals surface area contributed by atoms with E-state index in [1.807, 2.05) is 38.3 Å². The Morgan fingerprint density at radius 1 is 0.941 bits per heavy atom. The Hall–Kier alpha value is -3.53. The standard InChI is InChI=1S/C30H32N2O2/c1-4-33-28-16-10-21(18-29(28)34-5-2)19-31-23-13-11-22(12-14-23)30-25-8-6-7-24(25)26-17-20(3)9-15-27(26)32-30/h6-7,9-19,24-25,30,32H,4-5,8H2,1-3H3/t24-,25-,30-/m0/s1. The van der Waals surface area contributed by atoms with Crippen LogP contribution in [0.4, 0.5) is 11.4 Å². The number of aryl methyl sites for hydroxylation is 1. The molecule has 0 radical (unpaired) electrons. The van der Waals surface area contributed by atoms with Crippen LogP contribution in [0.2, 0.25) is 0 Å². The van der Waals surface area contributed by atoms with Gasteiger partial charge >= 0.3 is 0 Å². The fourth-order valence-corrected chi connectivity index (χ4v) is 5.11. The fraction of sp³-hybridized carbons (Fsp3) is 0.300. The Morgan fingerprint density at radius 3 is 2.53 bits per heavy atom. The third-order valence-electron chi connectivity index (χ3n) is 6.70. The molecule has 2 aliphatic rings. The normalized spacial score (nSPS) is 20.6. The lowest BCUT2D eigenvalue weighted by Crippen LogP contribution is -2.29. The molecule has 34 heavy (non-hydrogen) atoms. The van der Waals surface area contributed by atoms with Gasteiger partial charge in [-0.1, -0.05) is 42.0 Å². The zero-order valence-electron chi connectivity index (χ0n) is 20.1. The molecular formula is C30H32N2O2. The predicted octanol–water partition coefficient (Wildman–Crippen LogP) is 7.37. The van der Waals surface area contributed by atoms with Crippen molar-refractivity contribution in [1.29, 1.82) is 0 Å². The lowest BCUT2D eigenvalue weighted by Gasteiger charge is -2.37. The second-order valence-electron chi connectivity index (χ2n) is 8.99. The summed E-state index contributed by atoms with van der Waals surface area (Å²) >= 11 is 0. The number of hydrogen-bond acceptors (Lipinski definition) is 4. The molecule has 0 bridgehead atoms. The van der Waals surface area contributed by atoms with E-state index in [1.54, 1.807) is 0 Å². The summed E-state index contributed by atoms with van der Waals surface area (Å²) < 4.78 is 11.4. The van der Waals surface area contributed by atoms with Gasteiger partial charge in [0.05, 0.1) is 24.9 Å². The number of nitrogens with one attached hydrogen (secondary N) is 1. The molecule has 4 nitrogen and oxygen atoms in total. The van der Waals surface area contributed by atoms with Crippen LogP contribution in [0.3, 0.4) is 0 Å². The summed E-state index contributed by atoms with van der Waals surface area (Å²) in [6, 6.07) is 21.6. The van der Waals surface area contributed by atoms with Crippen LogP contribution in [-0.2, 0) is 0 Å². The maximum Gasteiger partial charge on any atom is 0.161 e. The van der Waals surface area contributed by atoms with Crippen LogP contribution in [0.1, 0.15) is 54.5 Å². The lowest BCUT2D eigenvalue weighted by atomic mass is 9.76. The van der Waals surface area contributed by atoms with E-state index >= 15 is 0 Å². The highest BCUT2D eigenvalue weighted by atomic mass is 16.5. The largest absolute Gasteiger partial charge is 0.490 e. The molecule has 0 amide bonds. The van der Waals surface area contributed by atoms with Crippen molar-refractivity contribution in [3.05, 3.63) is 95.1 Å². The van der Waals surface area contributed by atoms with Crippen molar-refractivity contribution < 1.29 is 9.47 Å². The first-order valence-corrected chi connectivity index (χ1v) is 12.2. The number of anilines is 1. The van der Waals surface area contributed by atoms with E-state index in [2.05, 4.69) is 66.9 Å². The van der Waals surface area contributed by atoms with E-state index in [9.17, 15) is 0 Å². The van der Waals surface area contributed by atoms with Crippen molar-refractivity contribution in [1.82, 2.24) is 0 Å². The molecule has 4 heteroatoms. The minimum Gasteiger partial charge on any atom is -0.490 e. The second kappa shape index (κ2) is 9.76. The molecule has 0 unspecified atom stereocenters. The van der Waals surface area contributed by atoms with Crippen LogP contribution in [0.5, 0.6) is 11.5 Å². The van der Waals surface area contributed by atoms with E-state index in [0.717, 1.165) is 29.2 Å². The molecule has 1 N–H and O–H groups in total. The van der Waals surface area contributed by atoms with Crippen molar-refractivity contribution in [3.8, 4) is 11.5 Å². The Labute approximate surface area is 202 Å². The highest BCUT2D eigenvalue weighted by molar-refractivity contribution is 5.83. The third-order valence-corrected chi connectivity index (χ3v) is 6.70. The first-order valence-electron chi connectivity index (χ1n) is 12.2. The van der Waals surface area contributed by atoms with Crippen molar-refractivity contribution in [2.45, 2.75) is 39.2 Å². The van der Waals surface area contributed by atoms with Gasteiger partial charge in [0.15, 0.2) is 11.5 Å². The Balaban J connectivity index is 1.34. The molecule has 1 aliphatic carbocycles. The van der Waals surface area contributed by atoms with E-state index in [1.165, 1.54) is 22.4 Å². The van der Waals surface area contributed by atoms with Gasteiger partial charge in [0.25, 0.3) is 0 Å². The molecule has 0 fully saturated rings. The van der Waals surface area contributed by atoms with Gasteiger partial charge in [-0.05, 0) is 86.2 Å². The number of nitrogens with zero attached hydrogens (tertiary/aromatic N) is 1. The molecule has 0 aromatic heterocycles. The SMILES string of the molecule is CCOc1ccc(C=Nc2ccc([C@@H]3Nc4ccc(C)cc4[C@H]4C=CC[C@@H]43)cc2)cc1OCC. The molecule has 1 heterocycles. The molecule has 0 saturated carbocycles. The monoisotopic (exact) mass is 452 g/mol. The van der Waals surface area contributed by atoms with Gasteiger partial charge in [-0.25, -0.2) is 0 Å². The Morgan fingerprint density at radius 2 is 1.74 bits per heavy atom. The number of fused-ring (bicyclic) bond motifs is 3. The second-order valence-corrected chi connectivity index (χ2v) is 8.99. The molecule has 0 saturated heterocycles. The van der Waals surface area contributed by atoms with E-state index in [0.29, 0.717) is 31.1 Å². The summed E-state index contributed by atoms with van der Waals surface area (Å²) in [7, 11) is 0. The summed E-state index contributed by atoms with van der Waals surface area (Å²) in [5.74, 6) is 2.55. The highest BCUT2D eigenvalue weighted by Gasteiger charge is 2.37. The number of benzene rings is 3. The van der Waals surface area contributed by atoms with Gasteiger partial charge in [0, 0.05) is 17.8 Å². The first kappa shape index (κ1) is 22.3. The molecule has 5 rings (SSSR count). The van der Waals surface area contributed by atoms with Gasteiger partial charge in [-0.2, -0.15) is 0 Å². The predicted molar refractivity (Wildman–Crippen MR) is 140 cm³/mol. The van der Waals surface area contributed by atoms with Crippen molar-refractivity contribution in [2.24, 2.45) is 10.9 Å². The number of ether oxygens (including phenoxy) is 2. The van der Waals surface area contributed by atoms with Crippen molar-refractivity contribution >= 4 is 17.6 Å². The van der Waals surface area contributed by atoms with Crippen LogP contribution in [-0.4, -0.2) is 19.4 Å². The molecule has 1 aliphatic heterocycles. The van der Waals surface area contributed by atoms with Crippen molar-refractivity contribution in [3.63, 3.8) is 0 Å².